The van der Waals surface area contributed by atoms with Crippen molar-refractivity contribution in [2.24, 2.45) is 5.92 Å². The molecule has 0 aliphatic heterocycles. The van der Waals surface area contributed by atoms with Crippen LogP contribution < -0.4 is 4.72 Å². The second-order valence-electron chi connectivity index (χ2n) is 6.37. The van der Waals surface area contributed by atoms with Gasteiger partial charge in [0.25, 0.3) is 0 Å². The molecule has 0 spiro atoms. The fourth-order valence-electron chi connectivity index (χ4n) is 3.21. The summed E-state index contributed by atoms with van der Waals surface area (Å²) in [6.07, 6.45) is 5.38. The first-order valence-corrected chi connectivity index (χ1v) is 9.67. The number of rotatable bonds is 7. The molecule has 6 heteroatoms. The van der Waals surface area contributed by atoms with Crippen LogP contribution in [0, 0.1) is 12.8 Å². The Morgan fingerprint density at radius 1 is 1.22 bits per heavy atom. The highest BCUT2D eigenvalue weighted by atomic mass is 32.2. The topological polar surface area (TPSA) is 83.5 Å². The minimum absolute atomic E-state index is 0.0937. The number of aliphatic carboxylic acids is 1. The van der Waals surface area contributed by atoms with Gasteiger partial charge in [-0.05, 0) is 50.7 Å². The van der Waals surface area contributed by atoms with Crippen LogP contribution in [0.15, 0.2) is 29.2 Å². The Kier molecular flexibility index (Phi) is 6.18. The van der Waals surface area contributed by atoms with Crippen molar-refractivity contribution in [1.29, 1.82) is 0 Å². The first-order chi connectivity index (χ1) is 10.9. The summed E-state index contributed by atoms with van der Waals surface area (Å²) in [5.41, 5.74) is 1.02. The number of carbonyl (C=O) groups is 1. The van der Waals surface area contributed by atoms with Gasteiger partial charge in [-0.2, -0.15) is 0 Å². The molecule has 0 unspecified atom stereocenters. The largest absolute Gasteiger partial charge is 0.481 e. The van der Waals surface area contributed by atoms with Crippen LogP contribution in [0.3, 0.4) is 0 Å². The highest BCUT2D eigenvalue weighted by Gasteiger charge is 2.29. The van der Waals surface area contributed by atoms with E-state index in [1.54, 1.807) is 24.3 Å². The third kappa shape index (κ3) is 5.32. The Bertz CT molecular complexity index is 624. The predicted octanol–water partition coefficient (Wildman–Crippen LogP) is 3.09. The molecule has 0 aromatic heterocycles. The van der Waals surface area contributed by atoms with E-state index in [9.17, 15) is 13.2 Å². The molecule has 5 nitrogen and oxygen atoms in total. The van der Waals surface area contributed by atoms with Gasteiger partial charge in [-0.1, -0.05) is 30.5 Å². The minimum atomic E-state index is -3.52. The Morgan fingerprint density at radius 3 is 2.52 bits per heavy atom. The molecule has 0 saturated heterocycles. The minimum Gasteiger partial charge on any atom is -0.481 e. The molecule has 1 aliphatic carbocycles. The van der Waals surface area contributed by atoms with Crippen LogP contribution in [-0.2, 0) is 14.8 Å². The number of sulfonamides is 1. The van der Waals surface area contributed by atoms with Crippen LogP contribution in [0.5, 0.6) is 0 Å². The number of hydrogen-bond donors (Lipinski definition) is 2. The lowest BCUT2D eigenvalue weighted by atomic mass is 9.82. The standard InChI is InChI=1S/C17H25NO4S/c1-13-9-11-15(12-10-13)23(21,22)18-16-7-3-2-5-14(16)6-4-8-17(19)20/h9-12,14,16,18H,2-8H2,1H3,(H,19,20)/t14-,16-/m1/s1. The van der Waals surface area contributed by atoms with E-state index in [0.29, 0.717) is 6.42 Å². The molecule has 1 fully saturated rings. The van der Waals surface area contributed by atoms with E-state index in [-0.39, 0.29) is 23.3 Å². The number of benzene rings is 1. The number of aryl methyl sites for hydroxylation is 1. The molecular weight excluding hydrogens is 314 g/mol. The van der Waals surface area contributed by atoms with Gasteiger partial charge < -0.3 is 5.11 Å². The molecule has 23 heavy (non-hydrogen) atoms. The molecule has 2 N–H and O–H groups in total. The van der Waals surface area contributed by atoms with E-state index in [0.717, 1.165) is 37.7 Å². The number of carboxylic acid groups (broad SMARTS) is 1. The maximum Gasteiger partial charge on any atom is 0.303 e. The maximum atomic E-state index is 12.5. The van der Waals surface area contributed by atoms with Crippen molar-refractivity contribution >= 4 is 16.0 Å². The van der Waals surface area contributed by atoms with Crippen LogP contribution in [0.4, 0.5) is 0 Å². The smallest absolute Gasteiger partial charge is 0.303 e. The summed E-state index contributed by atoms with van der Waals surface area (Å²) in [7, 11) is -3.52. The van der Waals surface area contributed by atoms with Crippen LogP contribution in [0.25, 0.3) is 0 Å². The summed E-state index contributed by atoms with van der Waals surface area (Å²) in [4.78, 5) is 10.9. The quantitative estimate of drug-likeness (QED) is 0.799. The van der Waals surface area contributed by atoms with Gasteiger partial charge >= 0.3 is 5.97 Å². The van der Waals surface area contributed by atoms with Crippen molar-refractivity contribution in [3.8, 4) is 0 Å². The van der Waals surface area contributed by atoms with E-state index in [1.807, 2.05) is 6.92 Å². The summed E-state index contributed by atoms with van der Waals surface area (Å²) < 4.78 is 27.9. The first-order valence-electron chi connectivity index (χ1n) is 8.19. The lowest BCUT2D eigenvalue weighted by Crippen LogP contribution is -2.42. The Balaban J connectivity index is 2.02. The zero-order valence-corrected chi connectivity index (χ0v) is 14.3. The second-order valence-corrected chi connectivity index (χ2v) is 8.09. The maximum absolute atomic E-state index is 12.5. The Labute approximate surface area is 138 Å². The van der Waals surface area contributed by atoms with E-state index in [4.69, 9.17) is 5.11 Å². The number of hydrogen-bond acceptors (Lipinski definition) is 3. The molecule has 0 bridgehead atoms. The van der Waals surface area contributed by atoms with Gasteiger partial charge in [0.05, 0.1) is 4.90 Å². The molecule has 1 aromatic carbocycles. The Morgan fingerprint density at radius 2 is 1.87 bits per heavy atom. The summed E-state index contributed by atoms with van der Waals surface area (Å²) >= 11 is 0. The van der Waals surface area contributed by atoms with Gasteiger partial charge in [-0.15, -0.1) is 0 Å². The molecule has 2 atom stereocenters. The molecule has 0 heterocycles. The average Bonchev–Trinajstić information content (AvgIpc) is 2.49. The van der Waals surface area contributed by atoms with Gasteiger partial charge in [-0.3, -0.25) is 4.79 Å². The fourth-order valence-corrected chi connectivity index (χ4v) is 4.55. The zero-order chi connectivity index (χ0) is 16.9. The van der Waals surface area contributed by atoms with Gasteiger partial charge in [0.15, 0.2) is 0 Å². The molecular formula is C17H25NO4S. The van der Waals surface area contributed by atoms with Crippen LogP contribution >= 0.6 is 0 Å². The van der Waals surface area contributed by atoms with E-state index >= 15 is 0 Å². The van der Waals surface area contributed by atoms with E-state index in [2.05, 4.69) is 4.72 Å². The fraction of sp³-hybridized carbons (Fsp3) is 0.588. The molecule has 1 saturated carbocycles. The van der Waals surface area contributed by atoms with Gasteiger partial charge in [-0.25, -0.2) is 13.1 Å². The average molecular weight is 339 g/mol. The summed E-state index contributed by atoms with van der Waals surface area (Å²) in [6.45, 7) is 1.92. The summed E-state index contributed by atoms with van der Waals surface area (Å²) in [5, 5.41) is 8.75. The third-order valence-electron chi connectivity index (χ3n) is 4.51. The lowest BCUT2D eigenvalue weighted by molar-refractivity contribution is -0.137. The van der Waals surface area contributed by atoms with Crippen LogP contribution in [0.1, 0.15) is 50.5 Å². The lowest BCUT2D eigenvalue weighted by Gasteiger charge is -2.32. The van der Waals surface area contributed by atoms with Gasteiger partial charge in [0, 0.05) is 12.5 Å². The van der Waals surface area contributed by atoms with Crippen molar-refractivity contribution in [3.63, 3.8) is 0 Å². The van der Waals surface area contributed by atoms with Crippen LogP contribution in [0.2, 0.25) is 0 Å². The highest BCUT2D eigenvalue weighted by molar-refractivity contribution is 7.89. The first kappa shape index (κ1) is 17.9. The number of nitrogens with one attached hydrogen (secondary N) is 1. The zero-order valence-electron chi connectivity index (χ0n) is 13.5. The van der Waals surface area contributed by atoms with Crippen molar-refractivity contribution in [2.45, 2.75) is 62.8 Å². The third-order valence-corrected chi connectivity index (χ3v) is 6.02. The Hall–Kier alpha value is -1.40. The normalized spacial score (nSPS) is 22.0. The molecule has 1 aliphatic rings. The molecule has 2 rings (SSSR count). The van der Waals surface area contributed by atoms with Crippen molar-refractivity contribution in [2.75, 3.05) is 0 Å². The second kappa shape index (κ2) is 7.93. The van der Waals surface area contributed by atoms with Crippen molar-refractivity contribution in [1.82, 2.24) is 4.72 Å². The summed E-state index contributed by atoms with van der Waals surface area (Å²) in [5.74, 6) is -0.569. The monoisotopic (exact) mass is 339 g/mol. The summed E-state index contributed by atoms with van der Waals surface area (Å²) in [6, 6.07) is 6.74. The van der Waals surface area contributed by atoms with E-state index < -0.39 is 16.0 Å². The van der Waals surface area contributed by atoms with Crippen molar-refractivity contribution in [3.05, 3.63) is 29.8 Å². The SMILES string of the molecule is Cc1ccc(S(=O)(=O)N[C@@H]2CCCC[C@@H]2CCCC(=O)O)cc1. The van der Waals surface area contributed by atoms with Crippen LogP contribution in [-0.4, -0.2) is 25.5 Å². The molecule has 0 radical (unpaired) electrons. The number of carboxylic acids is 1. The van der Waals surface area contributed by atoms with Gasteiger partial charge in [0.2, 0.25) is 10.0 Å². The van der Waals surface area contributed by atoms with E-state index in [1.165, 1.54) is 0 Å². The molecule has 128 valence electrons. The highest BCUT2D eigenvalue weighted by Crippen LogP contribution is 2.29. The molecule has 0 amide bonds. The molecule has 1 aromatic rings. The van der Waals surface area contributed by atoms with Crippen molar-refractivity contribution < 1.29 is 18.3 Å². The van der Waals surface area contributed by atoms with Gasteiger partial charge in [0.1, 0.15) is 0 Å². The predicted molar refractivity (Wildman–Crippen MR) is 88.7 cm³/mol.